The second kappa shape index (κ2) is 4.19. The predicted octanol–water partition coefficient (Wildman–Crippen LogP) is 2.65. The second-order valence-electron chi connectivity index (χ2n) is 4.16. The molecule has 1 aliphatic heterocycles. The van der Waals surface area contributed by atoms with Gasteiger partial charge >= 0.3 is 0 Å². The highest BCUT2D eigenvalue weighted by Crippen LogP contribution is 2.32. The van der Waals surface area contributed by atoms with E-state index in [9.17, 15) is 9.50 Å². The van der Waals surface area contributed by atoms with Crippen molar-refractivity contribution in [1.29, 1.82) is 0 Å². The van der Waals surface area contributed by atoms with E-state index >= 15 is 0 Å². The first kappa shape index (κ1) is 10.4. The van der Waals surface area contributed by atoms with Gasteiger partial charge in [-0.25, -0.2) is 4.39 Å². The molecule has 0 amide bonds. The van der Waals surface area contributed by atoms with E-state index in [1.807, 2.05) is 0 Å². The van der Waals surface area contributed by atoms with E-state index in [0.717, 1.165) is 25.8 Å². The Morgan fingerprint density at radius 2 is 2.20 bits per heavy atom. The number of aromatic hydroxyl groups is 1. The number of phenolic OH excluding ortho intramolecular Hbond substituents is 1. The summed E-state index contributed by atoms with van der Waals surface area (Å²) in [5, 5.41) is 13.2. The summed E-state index contributed by atoms with van der Waals surface area (Å²) in [6, 6.07) is 2.90. The van der Waals surface area contributed by atoms with Crippen molar-refractivity contribution in [3.8, 4) is 5.75 Å². The standard InChI is InChI=1S/C12H16FNO/c1-8-6-9(13)7-10(12(8)15)11-4-2-3-5-14-11/h6-7,11,14-15H,2-5H2,1H3/t11-/m0/s1. The molecule has 2 rings (SSSR count). The predicted molar refractivity (Wildman–Crippen MR) is 57.4 cm³/mol. The number of hydrogen-bond acceptors (Lipinski definition) is 2. The highest BCUT2D eigenvalue weighted by Gasteiger charge is 2.19. The molecule has 82 valence electrons. The van der Waals surface area contributed by atoms with Crippen LogP contribution in [0.4, 0.5) is 4.39 Å². The zero-order valence-electron chi connectivity index (χ0n) is 8.89. The van der Waals surface area contributed by atoms with Crippen molar-refractivity contribution in [2.75, 3.05) is 6.54 Å². The van der Waals surface area contributed by atoms with Gasteiger partial charge in [0.05, 0.1) is 0 Å². The summed E-state index contributed by atoms with van der Waals surface area (Å²) in [4.78, 5) is 0. The quantitative estimate of drug-likeness (QED) is 0.745. The average Bonchev–Trinajstić information content (AvgIpc) is 2.24. The van der Waals surface area contributed by atoms with Gasteiger partial charge in [0.2, 0.25) is 0 Å². The van der Waals surface area contributed by atoms with Crippen LogP contribution in [0.15, 0.2) is 12.1 Å². The van der Waals surface area contributed by atoms with Gasteiger partial charge in [0.1, 0.15) is 11.6 Å². The number of benzene rings is 1. The molecule has 1 fully saturated rings. The third kappa shape index (κ3) is 2.12. The highest BCUT2D eigenvalue weighted by molar-refractivity contribution is 5.42. The van der Waals surface area contributed by atoms with Gasteiger partial charge in [-0.3, -0.25) is 0 Å². The third-order valence-electron chi connectivity index (χ3n) is 2.98. The molecule has 0 bridgehead atoms. The van der Waals surface area contributed by atoms with Gasteiger partial charge in [-0.1, -0.05) is 6.42 Å². The maximum atomic E-state index is 13.2. The van der Waals surface area contributed by atoms with E-state index in [0.29, 0.717) is 11.1 Å². The number of rotatable bonds is 1. The lowest BCUT2D eigenvalue weighted by atomic mass is 9.95. The first-order valence-electron chi connectivity index (χ1n) is 5.41. The Balaban J connectivity index is 2.33. The van der Waals surface area contributed by atoms with Crippen LogP contribution in [-0.2, 0) is 0 Å². The van der Waals surface area contributed by atoms with E-state index in [1.165, 1.54) is 12.1 Å². The molecule has 1 aliphatic rings. The average molecular weight is 209 g/mol. The lowest BCUT2D eigenvalue weighted by Crippen LogP contribution is -2.27. The Kier molecular flexibility index (Phi) is 2.91. The first-order chi connectivity index (χ1) is 7.18. The fourth-order valence-electron chi connectivity index (χ4n) is 2.14. The van der Waals surface area contributed by atoms with E-state index in [1.54, 1.807) is 6.92 Å². The molecule has 0 radical (unpaired) electrons. The number of halogens is 1. The molecule has 0 aromatic heterocycles. The van der Waals surface area contributed by atoms with E-state index in [2.05, 4.69) is 5.32 Å². The molecule has 1 aromatic rings. The van der Waals surface area contributed by atoms with Crippen LogP contribution in [0.25, 0.3) is 0 Å². The van der Waals surface area contributed by atoms with Crippen molar-refractivity contribution >= 4 is 0 Å². The topological polar surface area (TPSA) is 32.3 Å². The van der Waals surface area contributed by atoms with Crippen molar-refractivity contribution < 1.29 is 9.50 Å². The summed E-state index contributed by atoms with van der Waals surface area (Å²) in [5.74, 6) is -0.0385. The molecule has 3 heteroatoms. The minimum atomic E-state index is -0.271. The van der Waals surface area contributed by atoms with Crippen LogP contribution in [0.1, 0.15) is 36.4 Å². The summed E-state index contributed by atoms with van der Waals surface area (Å²) < 4.78 is 13.2. The number of nitrogens with one attached hydrogen (secondary N) is 1. The molecule has 2 N–H and O–H groups in total. The lowest BCUT2D eigenvalue weighted by Gasteiger charge is -2.25. The lowest BCUT2D eigenvalue weighted by molar-refractivity contribution is 0.387. The summed E-state index contributed by atoms with van der Waals surface area (Å²) in [5.41, 5.74) is 1.31. The van der Waals surface area contributed by atoms with E-state index in [-0.39, 0.29) is 17.6 Å². The van der Waals surface area contributed by atoms with Crippen LogP contribution in [0, 0.1) is 12.7 Å². The van der Waals surface area contributed by atoms with Crippen molar-refractivity contribution in [3.05, 3.63) is 29.1 Å². The number of piperidine rings is 1. The summed E-state index contributed by atoms with van der Waals surface area (Å²) in [6.45, 7) is 2.67. The van der Waals surface area contributed by atoms with Crippen LogP contribution >= 0.6 is 0 Å². The highest BCUT2D eigenvalue weighted by atomic mass is 19.1. The van der Waals surface area contributed by atoms with Gasteiger partial charge < -0.3 is 10.4 Å². The molecule has 0 aliphatic carbocycles. The zero-order valence-corrected chi connectivity index (χ0v) is 8.89. The van der Waals surface area contributed by atoms with E-state index in [4.69, 9.17) is 0 Å². The minimum absolute atomic E-state index is 0.105. The summed E-state index contributed by atoms with van der Waals surface area (Å²) in [7, 11) is 0. The van der Waals surface area contributed by atoms with E-state index < -0.39 is 0 Å². The maximum absolute atomic E-state index is 13.2. The molecular weight excluding hydrogens is 193 g/mol. The number of hydrogen-bond donors (Lipinski definition) is 2. The maximum Gasteiger partial charge on any atom is 0.124 e. The smallest absolute Gasteiger partial charge is 0.124 e. The van der Waals surface area contributed by atoms with Gasteiger partial charge in [-0.15, -0.1) is 0 Å². The first-order valence-corrected chi connectivity index (χ1v) is 5.41. The molecule has 1 atom stereocenters. The SMILES string of the molecule is Cc1cc(F)cc([C@@H]2CCCCN2)c1O. The van der Waals surface area contributed by atoms with Crippen molar-refractivity contribution in [2.24, 2.45) is 0 Å². The normalized spacial score (nSPS) is 21.6. The summed E-state index contributed by atoms with van der Waals surface area (Å²) in [6.07, 6.45) is 3.26. The molecular formula is C12H16FNO. The van der Waals surface area contributed by atoms with Crippen molar-refractivity contribution in [1.82, 2.24) is 5.32 Å². The molecule has 0 unspecified atom stereocenters. The van der Waals surface area contributed by atoms with Crippen LogP contribution in [0.3, 0.4) is 0 Å². The number of aryl methyl sites for hydroxylation is 1. The fraction of sp³-hybridized carbons (Fsp3) is 0.500. The molecule has 1 heterocycles. The summed E-state index contributed by atoms with van der Waals surface area (Å²) >= 11 is 0. The molecule has 2 nitrogen and oxygen atoms in total. The Labute approximate surface area is 89.1 Å². The van der Waals surface area contributed by atoms with Gasteiger partial charge in [0.25, 0.3) is 0 Å². The molecule has 0 saturated carbocycles. The van der Waals surface area contributed by atoms with Crippen LogP contribution < -0.4 is 5.32 Å². The fourth-order valence-corrected chi connectivity index (χ4v) is 2.14. The Morgan fingerprint density at radius 1 is 1.40 bits per heavy atom. The Hall–Kier alpha value is -1.09. The van der Waals surface area contributed by atoms with Gasteiger partial charge in [0, 0.05) is 11.6 Å². The Bertz CT molecular complexity index is 359. The molecule has 1 saturated heterocycles. The van der Waals surface area contributed by atoms with Crippen molar-refractivity contribution in [3.63, 3.8) is 0 Å². The van der Waals surface area contributed by atoms with Crippen molar-refractivity contribution in [2.45, 2.75) is 32.2 Å². The van der Waals surface area contributed by atoms with Crippen LogP contribution in [0.2, 0.25) is 0 Å². The third-order valence-corrected chi connectivity index (χ3v) is 2.98. The minimum Gasteiger partial charge on any atom is -0.507 e. The largest absolute Gasteiger partial charge is 0.507 e. The molecule has 1 aromatic carbocycles. The van der Waals surface area contributed by atoms with Crippen LogP contribution in [-0.4, -0.2) is 11.7 Å². The zero-order chi connectivity index (χ0) is 10.8. The van der Waals surface area contributed by atoms with Gasteiger partial charge in [0.15, 0.2) is 0 Å². The molecule has 15 heavy (non-hydrogen) atoms. The second-order valence-corrected chi connectivity index (χ2v) is 4.16. The van der Waals surface area contributed by atoms with Gasteiger partial charge in [-0.05, 0) is 44.0 Å². The monoisotopic (exact) mass is 209 g/mol. The number of phenols is 1. The van der Waals surface area contributed by atoms with Crippen LogP contribution in [0.5, 0.6) is 5.75 Å². The molecule has 0 spiro atoms. The Morgan fingerprint density at radius 3 is 2.87 bits per heavy atom. The van der Waals surface area contributed by atoms with Gasteiger partial charge in [-0.2, -0.15) is 0 Å².